The van der Waals surface area contributed by atoms with Crippen LogP contribution in [0.25, 0.3) is 0 Å². The van der Waals surface area contributed by atoms with Crippen molar-refractivity contribution in [3.63, 3.8) is 0 Å². The lowest BCUT2D eigenvalue weighted by Crippen LogP contribution is -2.47. The van der Waals surface area contributed by atoms with E-state index in [2.05, 4.69) is 9.97 Å². The number of ether oxygens (including phenoxy) is 2. The van der Waals surface area contributed by atoms with Gasteiger partial charge in [0.2, 0.25) is 0 Å². The molecule has 6 nitrogen and oxygen atoms in total. The molecule has 2 aliphatic heterocycles. The lowest BCUT2D eigenvalue weighted by Gasteiger charge is -2.36. The van der Waals surface area contributed by atoms with Crippen LogP contribution in [0.2, 0.25) is 0 Å². The standard InChI is InChI=1S/C19H20FN3O3/c20-14-10-21-19(22-11-14)26-15-5-3-8-23(12-15)18(24)17-16-6-2-1-4-13(16)7-9-25-17/h1-2,4,6,10-11,15,17H,3,5,7-9,12H2. The Morgan fingerprint density at radius 2 is 2.08 bits per heavy atom. The van der Waals surface area contributed by atoms with Crippen LogP contribution in [-0.4, -0.2) is 46.6 Å². The van der Waals surface area contributed by atoms with Crippen LogP contribution in [0.1, 0.15) is 30.1 Å². The van der Waals surface area contributed by atoms with Gasteiger partial charge in [-0.25, -0.2) is 14.4 Å². The second-order valence-electron chi connectivity index (χ2n) is 6.55. The Morgan fingerprint density at radius 1 is 1.27 bits per heavy atom. The summed E-state index contributed by atoms with van der Waals surface area (Å²) in [5.41, 5.74) is 2.12. The second kappa shape index (κ2) is 7.37. The average Bonchev–Trinajstić information content (AvgIpc) is 2.69. The maximum absolute atomic E-state index is 13.0. The molecule has 0 saturated carbocycles. The molecule has 1 fully saturated rings. The fourth-order valence-electron chi connectivity index (χ4n) is 3.51. The number of fused-ring (bicyclic) bond motifs is 1. The van der Waals surface area contributed by atoms with Gasteiger partial charge in [-0.2, -0.15) is 0 Å². The molecule has 0 bridgehead atoms. The van der Waals surface area contributed by atoms with Crippen molar-refractivity contribution in [2.24, 2.45) is 0 Å². The Bertz CT molecular complexity index is 784. The molecule has 1 aromatic heterocycles. The van der Waals surface area contributed by atoms with Gasteiger partial charge < -0.3 is 14.4 Å². The van der Waals surface area contributed by atoms with Crippen molar-refractivity contribution < 1.29 is 18.7 Å². The van der Waals surface area contributed by atoms with E-state index in [1.165, 1.54) is 5.56 Å². The summed E-state index contributed by atoms with van der Waals surface area (Å²) in [5, 5.41) is 0. The van der Waals surface area contributed by atoms with Gasteiger partial charge in [0, 0.05) is 6.54 Å². The van der Waals surface area contributed by atoms with Gasteiger partial charge in [-0.05, 0) is 30.4 Å². The van der Waals surface area contributed by atoms with E-state index in [4.69, 9.17) is 9.47 Å². The van der Waals surface area contributed by atoms with Gasteiger partial charge >= 0.3 is 6.01 Å². The van der Waals surface area contributed by atoms with E-state index < -0.39 is 11.9 Å². The van der Waals surface area contributed by atoms with Gasteiger partial charge in [-0.15, -0.1) is 0 Å². The molecule has 2 atom stereocenters. The summed E-state index contributed by atoms with van der Waals surface area (Å²) in [7, 11) is 0. The van der Waals surface area contributed by atoms with Gasteiger partial charge in [0.05, 0.1) is 25.5 Å². The summed E-state index contributed by atoms with van der Waals surface area (Å²) < 4.78 is 24.4. The first-order chi connectivity index (χ1) is 12.7. The number of carbonyl (C=O) groups is 1. The Balaban J connectivity index is 1.44. The normalized spacial score (nSPS) is 22.6. The molecule has 3 heterocycles. The van der Waals surface area contributed by atoms with Crippen LogP contribution < -0.4 is 4.74 Å². The molecule has 1 aromatic carbocycles. The van der Waals surface area contributed by atoms with Crippen molar-refractivity contribution in [3.8, 4) is 6.01 Å². The Hall–Kier alpha value is -2.54. The first-order valence-electron chi connectivity index (χ1n) is 8.83. The summed E-state index contributed by atoms with van der Waals surface area (Å²) in [4.78, 5) is 22.5. The predicted octanol–water partition coefficient (Wildman–Crippen LogP) is 2.30. The smallest absolute Gasteiger partial charge is 0.316 e. The van der Waals surface area contributed by atoms with E-state index in [9.17, 15) is 9.18 Å². The summed E-state index contributed by atoms with van der Waals surface area (Å²) in [6.45, 7) is 1.66. The van der Waals surface area contributed by atoms with Crippen LogP contribution in [0.3, 0.4) is 0 Å². The van der Waals surface area contributed by atoms with Crippen LogP contribution in [0.15, 0.2) is 36.7 Å². The van der Waals surface area contributed by atoms with Crippen molar-refractivity contribution in [1.82, 2.24) is 14.9 Å². The number of piperidine rings is 1. The fraction of sp³-hybridized carbons (Fsp3) is 0.421. The molecular weight excluding hydrogens is 337 g/mol. The molecule has 4 rings (SSSR count). The number of halogens is 1. The largest absolute Gasteiger partial charge is 0.458 e. The van der Waals surface area contributed by atoms with Crippen LogP contribution in [0.4, 0.5) is 4.39 Å². The first kappa shape index (κ1) is 16.9. The molecule has 136 valence electrons. The number of rotatable bonds is 3. The van der Waals surface area contributed by atoms with Crippen molar-refractivity contribution in [2.75, 3.05) is 19.7 Å². The second-order valence-corrected chi connectivity index (χ2v) is 6.55. The zero-order valence-corrected chi connectivity index (χ0v) is 14.3. The summed E-state index contributed by atoms with van der Waals surface area (Å²) >= 11 is 0. The van der Waals surface area contributed by atoms with E-state index in [0.717, 1.165) is 37.2 Å². The van der Waals surface area contributed by atoms with Crippen LogP contribution in [0, 0.1) is 5.82 Å². The number of aromatic nitrogens is 2. The third kappa shape index (κ3) is 3.53. The number of carbonyl (C=O) groups excluding carboxylic acids is 1. The average molecular weight is 357 g/mol. The highest BCUT2D eigenvalue weighted by molar-refractivity contribution is 5.83. The Morgan fingerprint density at radius 3 is 2.92 bits per heavy atom. The Kier molecular flexibility index (Phi) is 4.79. The SMILES string of the molecule is O=C(C1OCCc2ccccc21)N1CCCC(Oc2ncc(F)cn2)C1. The number of hydrogen-bond donors (Lipinski definition) is 0. The third-order valence-electron chi connectivity index (χ3n) is 4.78. The van der Waals surface area contributed by atoms with Crippen molar-refractivity contribution >= 4 is 5.91 Å². The lowest BCUT2D eigenvalue weighted by molar-refractivity contribution is -0.147. The van der Waals surface area contributed by atoms with E-state index in [0.29, 0.717) is 19.7 Å². The fourth-order valence-corrected chi connectivity index (χ4v) is 3.51. The summed E-state index contributed by atoms with van der Waals surface area (Å²) in [6.07, 6.45) is 3.83. The zero-order valence-electron chi connectivity index (χ0n) is 14.3. The highest BCUT2D eigenvalue weighted by Gasteiger charge is 2.34. The lowest BCUT2D eigenvalue weighted by atomic mass is 9.96. The highest BCUT2D eigenvalue weighted by atomic mass is 19.1. The molecule has 0 N–H and O–H groups in total. The quantitative estimate of drug-likeness (QED) is 0.843. The minimum absolute atomic E-state index is 0.0366. The summed E-state index contributed by atoms with van der Waals surface area (Å²) in [5.74, 6) is -0.545. The van der Waals surface area contributed by atoms with Gasteiger partial charge in [-0.1, -0.05) is 24.3 Å². The minimum Gasteiger partial charge on any atom is -0.458 e. The van der Waals surface area contributed by atoms with Gasteiger partial charge in [0.15, 0.2) is 11.9 Å². The number of benzene rings is 1. The highest BCUT2D eigenvalue weighted by Crippen LogP contribution is 2.29. The molecule has 0 spiro atoms. The van der Waals surface area contributed by atoms with Gasteiger partial charge in [0.25, 0.3) is 5.91 Å². The molecule has 0 radical (unpaired) electrons. The number of likely N-dealkylation sites (tertiary alicyclic amines) is 1. The van der Waals surface area contributed by atoms with E-state index >= 15 is 0 Å². The maximum Gasteiger partial charge on any atom is 0.316 e. The van der Waals surface area contributed by atoms with Gasteiger partial charge in [0.1, 0.15) is 6.10 Å². The first-order valence-corrected chi connectivity index (χ1v) is 8.83. The molecule has 2 aromatic rings. The van der Waals surface area contributed by atoms with Gasteiger partial charge in [-0.3, -0.25) is 4.79 Å². The maximum atomic E-state index is 13.0. The number of hydrogen-bond acceptors (Lipinski definition) is 5. The summed E-state index contributed by atoms with van der Waals surface area (Å²) in [6, 6.07) is 8.05. The van der Waals surface area contributed by atoms with E-state index in [-0.39, 0.29) is 18.0 Å². The van der Waals surface area contributed by atoms with Crippen LogP contribution >= 0.6 is 0 Å². The molecule has 2 unspecified atom stereocenters. The molecule has 2 aliphatic rings. The van der Waals surface area contributed by atoms with Crippen LogP contribution in [0.5, 0.6) is 6.01 Å². The van der Waals surface area contributed by atoms with E-state index in [1.54, 1.807) is 4.90 Å². The molecule has 7 heteroatoms. The third-order valence-corrected chi connectivity index (χ3v) is 4.78. The Labute approximate surface area is 151 Å². The topological polar surface area (TPSA) is 64.5 Å². The number of nitrogens with zero attached hydrogens (tertiary/aromatic N) is 3. The molecule has 1 amide bonds. The van der Waals surface area contributed by atoms with Crippen molar-refractivity contribution in [1.29, 1.82) is 0 Å². The van der Waals surface area contributed by atoms with Crippen LogP contribution in [-0.2, 0) is 16.0 Å². The molecular formula is C19H20FN3O3. The zero-order chi connectivity index (χ0) is 17.9. The van der Waals surface area contributed by atoms with Crippen molar-refractivity contribution in [2.45, 2.75) is 31.5 Å². The molecule has 1 saturated heterocycles. The van der Waals surface area contributed by atoms with Crippen molar-refractivity contribution in [3.05, 3.63) is 53.6 Å². The molecule has 26 heavy (non-hydrogen) atoms. The van der Waals surface area contributed by atoms with E-state index in [1.807, 2.05) is 24.3 Å². The monoisotopic (exact) mass is 357 g/mol. The molecule has 0 aliphatic carbocycles. The number of amides is 1. The minimum atomic E-state index is -0.555. The predicted molar refractivity (Wildman–Crippen MR) is 91.1 cm³/mol.